The van der Waals surface area contributed by atoms with Gasteiger partial charge in [-0.25, -0.2) is 5.43 Å². The lowest BCUT2D eigenvalue weighted by Crippen LogP contribution is -2.25. The van der Waals surface area contributed by atoms with Gasteiger partial charge in [0.25, 0.3) is 5.91 Å². The van der Waals surface area contributed by atoms with Crippen LogP contribution in [0.2, 0.25) is 0 Å². The van der Waals surface area contributed by atoms with Crippen LogP contribution in [0, 0.1) is 36.5 Å². The molecule has 0 aromatic heterocycles. The lowest BCUT2D eigenvalue weighted by molar-refractivity contribution is 0.0955. The van der Waals surface area contributed by atoms with Crippen molar-refractivity contribution in [3.8, 4) is 17.9 Å². The number of hydrogen-bond donors (Lipinski definition) is 1. The smallest absolute Gasteiger partial charge is 0.271 e. The number of azo groups is 1. The molecule has 0 spiro atoms. The van der Waals surface area contributed by atoms with Gasteiger partial charge in [0.2, 0.25) is 5.84 Å². The Hall–Kier alpha value is -5.02. The van der Waals surface area contributed by atoms with E-state index >= 15 is 0 Å². The number of amides is 1. The average Bonchev–Trinajstić information content (AvgIpc) is 2.93. The minimum Gasteiger partial charge on any atom is -0.496 e. The number of benzene rings is 3. The zero-order valence-corrected chi connectivity index (χ0v) is 21.7. The first-order chi connectivity index (χ1) is 18.4. The van der Waals surface area contributed by atoms with Gasteiger partial charge in [-0.3, -0.25) is 4.79 Å². The van der Waals surface area contributed by atoms with E-state index in [0.717, 1.165) is 16.8 Å². The standard InChI is InChI=1S/C29H29N7O2/c1-21-9-11-23(12-10-21)29(37)35-34-28(33-32-24-8-4-7-22(2)19-24)26-14-13-25(20-27(26)38-3)36(17-5-15-30)18-6-16-31/h4,7-14,19-20H,5-6,17-18H2,1-3H3,(H,35,37). The molecule has 3 aromatic rings. The summed E-state index contributed by atoms with van der Waals surface area (Å²) in [6, 6.07) is 24.4. The van der Waals surface area contributed by atoms with Crippen molar-refractivity contribution in [2.75, 3.05) is 25.1 Å². The molecule has 38 heavy (non-hydrogen) atoms. The summed E-state index contributed by atoms with van der Waals surface area (Å²) in [5.74, 6) is 0.215. The summed E-state index contributed by atoms with van der Waals surface area (Å²) in [5, 5.41) is 31.0. The van der Waals surface area contributed by atoms with Crippen molar-refractivity contribution in [3.05, 3.63) is 89.0 Å². The Morgan fingerprint density at radius 3 is 2.29 bits per heavy atom. The summed E-state index contributed by atoms with van der Waals surface area (Å²) in [6.07, 6.45) is 0.635. The second-order valence-electron chi connectivity index (χ2n) is 8.47. The molecule has 9 heteroatoms. The van der Waals surface area contributed by atoms with Crippen LogP contribution in [0.1, 0.15) is 39.9 Å². The largest absolute Gasteiger partial charge is 0.496 e. The fourth-order valence-corrected chi connectivity index (χ4v) is 3.61. The Bertz CT molecular complexity index is 1380. The van der Waals surface area contributed by atoms with E-state index in [4.69, 9.17) is 15.3 Å². The number of methoxy groups -OCH3 is 1. The van der Waals surface area contributed by atoms with Crippen molar-refractivity contribution in [2.24, 2.45) is 15.3 Å². The number of rotatable bonds is 10. The molecule has 9 nitrogen and oxygen atoms in total. The molecule has 0 heterocycles. The predicted octanol–water partition coefficient (Wildman–Crippen LogP) is 5.82. The van der Waals surface area contributed by atoms with Crippen LogP contribution in [-0.4, -0.2) is 31.9 Å². The van der Waals surface area contributed by atoms with Gasteiger partial charge in [-0.15, -0.1) is 15.3 Å². The topological polar surface area (TPSA) is 126 Å². The molecule has 1 amide bonds. The Kier molecular flexibility index (Phi) is 10.1. The fraction of sp³-hybridized carbons (Fsp3) is 0.241. The number of amidine groups is 1. The van der Waals surface area contributed by atoms with Crippen molar-refractivity contribution in [1.29, 1.82) is 10.5 Å². The number of hydrogen-bond acceptors (Lipinski definition) is 7. The molecule has 0 bridgehead atoms. The Morgan fingerprint density at radius 1 is 0.947 bits per heavy atom. The van der Waals surface area contributed by atoms with Gasteiger partial charge in [0.15, 0.2) is 0 Å². The zero-order chi connectivity index (χ0) is 27.3. The summed E-state index contributed by atoms with van der Waals surface area (Å²) < 4.78 is 5.65. The lowest BCUT2D eigenvalue weighted by atomic mass is 10.1. The molecule has 0 saturated heterocycles. The monoisotopic (exact) mass is 507 g/mol. The maximum absolute atomic E-state index is 12.7. The van der Waals surface area contributed by atoms with E-state index in [0.29, 0.717) is 48.5 Å². The quantitative estimate of drug-likeness (QED) is 0.160. The zero-order valence-electron chi connectivity index (χ0n) is 21.7. The van der Waals surface area contributed by atoms with Crippen LogP contribution in [0.15, 0.2) is 82.1 Å². The third kappa shape index (κ3) is 7.74. The van der Waals surface area contributed by atoms with Gasteiger partial charge in [-0.05, 0) is 55.8 Å². The van der Waals surface area contributed by atoms with E-state index in [1.54, 1.807) is 24.3 Å². The summed E-state index contributed by atoms with van der Waals surface area (Å²) in [4.78, 5) is 14.7. The molecule has 0 atom stereocenters. The Labute approximate surface area is 222 Å². The molecular weight excluding hydrogens is 478 g/mol. The first-order valence-electron chi connectivity index (χ1n) is 12.1. The van der Waals surface area contributed by atoms with Crippen LogP contribution in [0.3, 0.4) is 0 Å². The third-order valence-corrected chi connectivity index (χ3v) is 5.62. The van der Waals surface area contributed by atoms with Crippen LogP contribution >= 0.6 is 0 Å². The van der Waals surface area contributed by atoms with Crippen LogP contribution in [-0.2, 0) is 0 Å². The predicted molar refractivity (Wildman–Crippen MR) is 147 cm³/mol. The van der Waals surface area contributed by atoms with Crippen molar-refractivity contribution in [3.63, 3.8) is 0 Å². The molecule has 192 valence electrons. The van der Waals surface area contributed by atoms with Gasteiger partial charge in [0, 0.05) is 30.4 Å². The van der Waals surface area contributed by atoms with E-state index in [1.165, 1.54) is 7.11 Å². The number of carbonyl (C=O) groups is 1. The molecule has 1 N–H and O–H groups in total. The summed E-state index contributed by atoms with van der Waals surface area (Å²) in [5.41, 5.74) is 7.04. The Balaban J connectivity index is 1.99. The van der Waals surface area contributed by atoms with Gasteiger partial charge >= 0.3 is 0 Å². The highest BCUT2D eigenvalue weighted by molar-refractivity contribution is 6.03. The minimum absolute atomic E-state index is 0.149. The maximum atomic E-state index is 12.7. The van der Waals surface area contributed by atoms with Crippen LogP contribution in [0.5, 0.6) is 5.75 Å². The van der Waals surface area contributed by atoms with Crippen molar-refractivity contribution < 1.29 is 9.53 Å². The molecule has 0 unspecified atom stereocenters. The molecule has 0 saturated carbocycles. The minimum atomic E-state index is -0.386. The number of nitrogens with one attached hydrogen (secondary N) is 1. The summed E-state index contributed by atoms with van der Waals surface area (Å²) in [6.45, 7) is 4.85. The second kappa shape index (κ2) is 13.9. The number of ether oxygens (including phenoxy) is 1. The number of anilines is 1. The van der Waals surface area contributed by atoms with Gasteiger partial charge < -0.3 is 9.64 Å². The molecule has 3 rings (SSSR count). The first kappa shape index (κ1) is 27.6. The van der Waals surface area contributed by atoms with Gasteiger partial charge in [0.1, 0.15) is 5.75 Å². The molecule has 3 aromatic carbocycles. The van der Waals surface area contributed by atoms with E-state index in [-0.39, 0.29) is 11.7 Å². The van der Waals surface area contributed by atoms with Crippen molar-refractivity contribution in [1.82, 2.24) is 5.43 Å². The fourth-order valence-electron chi connectivity index (χ4n) is 3.61. The number of carbonyl (C=O) groups excluding carboxylic acids is 1. The molecule has 0 aliphatic carbocycles. The summed E-state index contributed by atoms with van der Waals surface area (Å²) in [7, 11) is 1.53. The average molecular weight is 508 g/mol. The lowest BCUT2D eigenvalue weighted by Gasteiger charge is -2.23. The molecule has 0 radical (unpaired) electrons. The highest BCUT2D eigenvalue weighted by Crippen LogP contribution is 2.28. The van der Waals surface area contributed by atoms with Gasteiger partial charge in [-0.1, -0.05) is 29.8 Å². The van der Waals surface area contributed by atoms with Crippen LogP contribution in [0.4, 0.5) is 11.4 Å². The second-order valence-corrected chi connectivity index (χ2v) is 8.47. The van der Waals surface area contributed by atoms with Crippen LogP contribution < -0.4 is 15.1 Å². The van der Waals surface area contributed by atoms with Gasteiger partial charge in [-0.2, -0.15) is 10.5 Å². The van der Waals surface area contributed by atoms with E-state index in [9.17, 15) is 4.79 Å². The van der Waals surface area contributed by atoms with Crippen molar-refractivity contribution in [2.45, 2.75) is 26.7 Å². The van der Waals surface area contributed by atoms with E-state index in [1.807, 2.05) is 61.2 Å². The third-order valence-electron chi connectivity index (χ3n) is 5.62. The summed E-state index contributed by atoms with van der Waals surface area (Å²) >= 11 is 0. The molecular formula is C29H29N7O2. The molecule has 0 aliphatic heterocycles. The molecule has 0 aliphatic rings. The highest BCUT2D eigenvalue weighted by Gasteiger charge is 2.16. The van der Waals surface area contributed by atoms with E-state index < -0.39 is 0 Å². The van der Waals surface area contributed by atoms with Crippen LogP contribution in [0.25, 0.3) is 0 Å². The SMILES string of the molecule is COc1cc(N(CCC#N)CCC#N)ccc1C(N=Nc1cccc(C)c1)=NNC(=O)c1ccc(C)cc1. The van der Waals surface area contributed by atoms with Gasteiger partial charge in [0.05, 0.1) is 43.3 Å². The number of aryl methyl sites for hydroxylation is 2. The normalized spacial score (nSPS) is 11.0. The maximum Gasteiger partial charge on any atom is 0.271 e. The molecule has 0 fully saturated rings. The number of nitriles is 2. The van der Waals surface area contributed by atoms with Crippen molar-refractivity contribution >= 4 is 23.1 Å². The number of nitrogens with zero attached hydrogens (tertiary/aromatic N) is 6. The highest BCUT2D eigenvalue weighted by atomic mass is 16.5. The van der Waals surface area contributed by atoms with E-state index in [2.05, 4.69) is 32.9 Å². The number of hydrazone groups is 1. The first-order valence-corrected chi connectivity index (χ1v) is 12.1. The Morgan fingerprint density at radius 2 is 1.66 bits per heavy atom.